The smallest absolute Gasteiger partial charge is 0.307 e. The van der Waals surface area contributed by atoms with Crippen LogP contribution in [0, 0.1) is 0 Å². The summed E-state index contributed by atoms with van der Waals surface area (Å²) < 4.78 is 5.54. The minimum Gasteiger partial charge on any atom is -0.490 e. The molecule has 1 aromatic rings. The maximum absolute atomic E-state index is 10.6. The number of carboxylic acids is 1. The highest BCUT2D eigenvalue weighted by molar-refractivity contribution is 5.71. The number of aliphatic carboxylic acids is 1. The zero-order valence-electron chi connectivity index (χ0n) is 7.99. The van der Waals surface area contributed by atoms with Gasteiger partial charge in [0.05, 0.1) is 6.42 Å². The molecule has 1 aliphatic heterocycles. The molecule has 1 atom stereocenters. The highest BCUT2D eigenvalue weighted by atomic mass is 16.5. The van der Waals surface area contributed by atoms with Crippen LogP contribution in [0.5, 0.6) is 5.75 Å². The van der Waals surface area contributed by atoms with Crippen LogP contribution in [-0.2, 0) is 17.6 Å². The standard InChI is InChI=1S/C11H12O3/c1-7-5-9-8(6-11(12)13)3-2-4-10(9)14-7/h2-4,7H,5-6H2,1H3,(H,12,13). The van der Waals surface area contributed by atoms with E-state index in [0.29, 0.717) is 0 Å². The highest BCUT2D eigenvalue weighted by Gasteiger charge is 2.22. The summed E-state index contributed by atoms with van der Waals surface area (Å²) in [6.45, 7) is 1.99. The number of hydrogen-bond donors (Lipinski definition) is 1. The fourth-order valence-electron chi connectivity index (χ4n) is 1.83. The van der Waals surface area contributed by atoms with Gasteiger partial charge in [-0.15, -0.1) is 0 Å². The van der Waals surface area contributed by atoms with Crippen LogP contribution < -0.4 is 4.74 Å². The van der Waals surface area contributed by atoms with Gasteiger partial charge in [-0.05, 0) is 18.6 Å². The average Bonchev–Trinajstić information content (AvgIpc) is 2.45. The highest BCUT2D eigenvalue weighted by Crippen LogP contribution is 2.31. The van der Waals surface area contributed by atoms with E-state index in [2.05, 4.69) is 0 Å². The van der Waals surface area contributed by atoms with Gasteiger partial charge in [0.2, 0.25) is 0 Å². The Balaban J connectivity index is 2.34. The fourth-order valence-corrected chi connectivity index (χ4v) is 1.83. The first-order valence-electron chi connectivity index (χ1n) is 4.66. The third-order valence-electron chi connectivity index (χ3n) is 2.39. The van der Waals surface area contributed by atoms with Gasteiger partial charge in [-0.2, -0.15) is 0 Å². The van der Waals surface area contributed by atoms with Crippen molar-refractivity contribution < 1.29 is 14.6 Å². The van der Waals surface area contributed by atoms with Crippen LogP contribution in [0.25, 0.3) is 0 Å². The van der Waals surface area contributed by atoms with E-state index in [9.17, 15) is 4.79 Å². The number of benzene rings is 1. The molecule has 1 N–H and O–H groups in total. The summed E-state index contributed by atoms with van der Waals surface area (Å²) in [7, 11) is 0. The quantitative estimate of drug-likeness (QED) is 0.774. The third kappa shape index (κ3) is 1.58. The molecule has 14 heavy (non-hydrogen) atoms. The van der Waals surface area contributed by atoms with Gasteiger partial charge in [0.15, 0.2) is 0 Å². The molecule has 1 unspecified atom stereocenters. The average molecular weight is 192 g/mol. The summed E-state index contributed by atoms with van der Waals surface area (Å²) in [6.07, 6.45) is 1.07. The van der Waals surface area contributed by atoms with Crippen LogP contribution >= 0.6 is 0 Å². The summed E-state index contributed by atoms with van der Waals surface area (Å²) >= 11 is 0. The Labute approximate surface area is 82.3 Å². The SMILES string of the molecule is CC1Cc2c(CC(=O)O)cccc2O1. The summed E-state index contributed by atoms with van der Waals surface area (Å²) in [5.74, 6) is 0.0502. The van der Waals surface area contributed by atoms with Crippen molar-refractivity contribution in [1.82, 2.24) is 0 Å². The van der Waals surface area contributed by atoms with E-state index in [4.69, 9.17) is 9.84 Å². The normalized spacial score (nSPS) is 18.8. The Bertz CT molecular complexity index is 371. The summed E-state index contributed by atoms with van der Waals surface area (Å²) in [6, 6.07) is 5.59. The van der Waals surface area contributed by atoms with Gasteiger partial charge in [0.1, 0.15) is 11.9 Å². The molecule has 0 saturated heterocycles. The number of ether oxygens (including phenoxy) is 1. The van der Waals surface area contributed by atoms with Crippen molar-refractivity contribution in [3.05, 3.63) is 29.3 Å². The van der Waals surface area contributed by atoms with Gasteiger partial charge in [-0.1, -0.05) is 12.1 Å². The maximum atomic E-state index is 10.6. The van der Waals surface area contributed by atoms with Gasteiger partial charge in [0.25, 0.3) is 0 Å². The minimum absolute atomic E-state index is 0.0826. The first-order valence-corrected chi connectivity index (χ1v) is 4.66. The molecular formula is C11H12O3. The van der Waals surface area contributed by atoms with E-state index in [1.807, 2.05) is 25.1 Å². The van der Waals surface area contributed by atoms with E-state index in [-0.39, 0.29) is 12.5 Å². The Hall–Kier alpha value is -1.51. The molecule has 1 aliphatic rings. The van der Waals surface area contributed by atoms with E-state index in [1.165, 1.54) is 0 Å². The van der Waals surface area contributed by atoms with E-state index in [1.54, 1.807) is 0 Å². The van der Waals surface area contributed by atoms with E-state index >= 15 is 0 Å². The summed E-state index contributed by atoms with van der Waals surface area (Å²) in [4.78, 5) is 10.6. The largest absolute Gasteiger partial charge is 0.490 e. The molecule has 0 bridgehead atoms. The second kappa shape index (κ2) is 3.33. The van der Waals surface area contributed by atoms with Crippen molar-refractivity contribution in [1.29, 1.82) is 0 Å². The Morgan fingerprint density at radius 1 is 1.64 bits per heavy atom. The van der Waals surface area contributed by atoms with Crippen molar-refractivity contribution in [3.8, 4) is 5.75 Å². The number of fused-ring (bicyclic) bond motifs is 1. The number of carboxylic acid groups (broad SMARTS) is 1. The molecule has 2 rings (SSSR count). The van der Waals surface area contributed by atoms with Gasteiger partial charge in [-0.25, -0.2) is 0 Å². The topological polar surface area (TPSA) is 46.5 Å². The fraction of sp³-hybridized carbons (Fsp3) is 0.364. The molecule has 1 heterocycles. The van der Waals surface area contributed by atoms with Crippen molar-refractivity contribution in [2.24, 2.45) is 0 Å². The Morgan fingerprint density at radius 2 is 2.43 bits per heavy atom. The van der Waals surface area contributed by atoms with Crippen LogP contribution in [0.15, 0.2) is 18.2 Å². The third-order valence-corrected chi connectivity index (χ3v) is 2.39. The predicted octanol–water partition coefficient (Wildman–Crippen LogP) is 1.64. The Morgan fingerprint density at radius 3 is 3.14 bits per heavy atom. The Kier molecular flexibility index (Phi) is 2.15. The van der Waals surface area contributed by atoms with E-state index in [0.717, 1.165) is 23.3 Å². The minimum atomic E-state index is -0.794. The lowest BCUT2D eigenvalue weighted by molar-refractivity contribution is -0.136. The lowest BCUT2D eigenvalue weighted by Crippen LogP contribution is -2.06. The lowest BCUT2D eigenvalue weighted by Gasteiger charge is -2.03. The number of carbonyl (C=O) groups is 1. The van der Waals surface area contributed by atoms with Crippen molar-refractivity contribution in [2.75, 3.05) is 0 Å². The zero-order chi connectivity index (χ0) is 10.1. The molecule has 0 aliphatic carbocycles. The molecule has 0 radical (unpaired) electrons. The van der Waals surface area contributed by atoms with E-state index < -0.39 is 5.97 Å². The molecule has 1 aromatic carbocycles. The van der Waals surface area contributed by atoms with Gasteiger partial charge in [0, 0.05) is 12.0 Å². The van der Waals surface area contributed by atoms with Crippen molar-refractivity contribution in [3.63, 3.8) is 0 Å². The zero-order valence-corrected chi connectivity index (χ0v) is 7.99. The maximum Gasteiger partial charge on any atom is 0.307 e. The molecule has 3 nitrogen and oxygen atoms in total. The number of rotatable bonds is 2. The number of hydrogen-bond acceptors (Lipinski definition) is 2. The first kappa shape index (κ1) is 9.06. The van der Waals surface area contributed by atoms with Crippen LogP contribution in [-0.4, -0.2) is 17.2 Å². The van der Waals surface area contributed by atoms with Crippen molar-refractivity contribution in [2.45, 2.75) is 25.9 Å². The molecular weight excluding hydrogens is 180 g/mol. The second-order valence-corrected chi connectivity index (χ2v) is 3.60. The van der Waals surface area contributed by atoms with Crippen LogP contribution in [0.4, 0.5) is 0 Å². The molecule has 3 heteroatoms. The molecule has 0 fully saturated rings. The van der Waals surface area contributed by atoms with Crippen LogP contribution in [0.2, 0.25) is 0 Å². The lowest BCUT2D eigenvalue weighted by atomic mass is 10.0. The van der Waals surface area contributed by atoms with Gasteiger partial charge >= 0.3 is 5.97 Å². The van der Waals surface area contributed by atoms with Crippen molar-refractivity contribution >= 4 is 5.97 Å². The first-order chi connectivity index (χ1) is 6.66. The predicted molar refractivity (Wildman–Crippen MR) is 51.6 cm³/mol. The molecule has 0 amide bonds. The van der Waals surface area contributed by atoms with Gasteiger partial charge in [-0.3, -0.25) is 4.79 Å². The summed E-state index contributed by atoms with van der Waals surface area (Å²) in [5, 5.41) is 8.72. The molecule has 0 aromatic heterocycles. The van der Waals surface area contributed by atoms with Crippen LogP contribution in [0.1, 0.15) is 18.1 Å². The second-order valence-electron chi connectivity index (χ2n) is 3.60. The molecule has 0 saturated carbocycles. The van der Waals surface area contributed by atoms with Crippen LogP contribution in [0.3, 0.4) is 0 Å². The molecule has 0 spiro atoms. The monoisotopic (exact) mass is 192 g/mol. The molecule has 74 valence electrons. The van der Waals surface area contributed by atoms with Gasteiger partial charge < -0.3 is 9.84 Å². The summed E-state index contributed by atoms with van der Waals surface area (Å²) in [5.41, 5.74) is 1.93.